The number of aromatic nitrogens is 2. The first-order chi connectivity index (χ1) is 9.65. The van der Waals surface area contributed by atoms with E-state index in [1.165, 1.54) is 11.2 Å². The lowest BCUT2D eigenvalue weighted by Gasteiger charge is -2.19. The monoisotopic (exact) mass is 269 g/mol. The number of hydrogen-bond acceptors (Lipinski definition) is 6. The Morgan fingerprint density at radius 2 is 1.75 bits per heavy atom. The molecule has 6 heteroatoms. The molecule has 0 amide bonds. The molecule has 1 aromatic heterocycles. The van der Waals surface area contributed by atoms with Gasteiger partial charge in [-0.2, -0.15) is 5.26 Å². The number of benzene rings is 1. The second-order valence-corrected chi connectivity index (χ2v) is 4.15. The maximum atomic E-state index is 8.88. The second-order valence-electron chi connectivity index (χ2n) is 4.15. The Balaban J connectivity index is 2.28. The average molecular weight is 269 g/mol. The Kier molecular flexibility index (Phi) is 4.01. The second kappa shape index (κ2) is 5.89. The first-order valence-electron chi connectivity index (χ1n) is 5.99. The highest BCUT2D eigenvalue weighted by Crippen LogP contribution is 2.25. The lowest BCUT2D eigenvalue weighted by atomic mass is 10.3. The number of nitrogens with zero attached hydrogens (tertiary/aromatic N) is 5. The molecule has 0 saturated heterocycles. The van der Waals surface area contributed by atoms with E-state index < -0.39 is 0 Å². The molecule has 0 saturated carbocycles. The minimum atomic E-state index is 0.554. The molecule has 6 nitrogen and oxygen atoms in total. The van der Waals surface area contributed by atoms with Crippen molar-refractivity contribution in [1.29, 1.82) is 5.26 Å². The maximum absolute atomic E-state index is 8.88. The van der Waals surface area contributed by atoms with E-state index in [1.54, 1.807) is 20.2 Å². The van der Waals surface area contributed by atoms with Crippen LogP contribution >= 0.6 is 0 Å². The van der Waals surface area contributed by atoms with Gasteiger partial charge in [-0.1, -0.05) is 0 Å². The quantitative estimate of drug-likeness (QED) is 0.626. The molecule has 0 spiro atoms. The highest BCUT2D eigenvalue weighted by molar-refractivity contribution is 5.62. The predicted molar refractivity (Wildman–Crippen MR) is 77.1 cm³/mol. The van der Waals surface area contributed by atoms with E-state index in [-0.39, 0.29) is 0 Å². The van der Waals surface area contributed by atoms with Gasteiger partial charge < -0.3 is 9.64 Å². The van der Waals surface area contributed by atoms with E-state index in [4.69, 9.17) is 10.00 Å². The van der Waals surface area contributed by atoms with Gasteiger partial charge in [0.05, 0.1) is 7.11 Å². The van der Waals surface area contributed by atoms with E-state index in [0.29, 0.717) is 11.6 Å². The normalized spacial score (nSPS) is 9.70. The Morgan fingerprint density at radius 3 is 2.35 bits per heavy atom. The molecule has 102 valence electrons. The largest absolute Gasteiger partial charge is 0.497 e. The molecular weight excluding hydrogens is 254 g/mol. The first-order valence-corrected chi connectivity index (χ1v) is 5.99. The highest BCUT2D eigenvalue weighted by atomic mass is 16.5. The van der Waals surface area contributed by atoms with E-state index in [0.717, 1.165) is 11.4 Å². The zero-order chi connectivity index (χ0) is 14.5. The molecule has 0 atom stereocenters. The molecule has 2 aromatic rings. The van der Waals surface area contributed by atoms with Crippen LogP contribution < -0.4 is 14.5 Å². The molecule has 0 radical (unpaired) electrons. The molecule has 2 rings (SSSR count). The van der Waals surface area contributed by atoms with Crippen LogP contribution in [-0.2, 0) is 0 Å². The summed E-state index contributed by atoms with van der Waals surface area (Å²) in [7, 11) is 5.19. The number of ether oxygens (including phenoxy) is 1. The Hall–Kier alpha value is -2.81. The molecule has 0 N–H and O–H groups in total. The average Bonchev–Trinajstić information content (AvgIpc) is 2.53. The van der Waals surface area contributed by atoms with Crippen molar-refractivity contribution in [2.24, 2.45) is 0 Å². The van der Waals surface area contributed by atoms with Crippen molar-refractivity contribution >= 4 is 17.3 Å². The lowest BCUT2D eigenvalue weighted by Crippen LogP contribution is -2.14. The zero-order valence-corrected chi connectivity index (χ0v) is 11.6. The van der Waals surface area contributed by atoms with Crippen molar-refractivity contribution in [3.8, 4) is 11.9 Å². The number of anilines is 3. The topological polar surface area (TPSA) is 65.3 Å². The van der Waals surface area contributed by atoms with Crippen molar-refractivity contribution in [2.45, 2.75) is 0 Å². The summed E-state index contributed by atoms with van der Waals surface area (Å²) < 4.78 is 5.13. The van der Waals surface area contributed by atoms with Crippen LogP contribution in [0.5, 0.6) is 5.75 Å². The molecular formula is C14H15N5O. The number of rotatable bonds is 4. The Bertz CT molecular complexity index is 620. The summed E-state index contributed by atoms with van der Waals surface area (Å²) >= 11 is 0. The van der Waals surface area contributed by atoms with Crippen LogP contribution in [0.25, 0.3) is 0 Å². The summed E-state index contributed by atoms with van der Waals surface area (Å²) in [6.07, 6.45) is 3.45. The predicted octanol–water partition coefficient (Wildman–Crippen LogP) is 2.17. The first kappa shape index (κ1) is 13.6. The molecule has 0 fully saturated rings. The van der Waals surface area contributed by atoms with E-state index >= 15 is 0 Å². The van der Waals surface area contributed by atoms with Crippen molar-refractivity contribution in [1.82, 2.24) is 9.97 Å². The van der Waals surface area contributed by atoms with Gasteiger partial charge in [0.2, 0.25) is 0 Å². The van der Waals surface area contributed by atoms with E-state index in [2.05, 4.69) is 9.97 Å². The zero-order valence-electron chi connectivity index (χ0n) is 11.6. The van der Waals surface area contributed by atoms with E-state index in [9.17, 15) is 0 Å². The molecule has 1 heterocycles. The van der Waals surface area contributed by atoms with Crippen molar-refractivity contribution in [2.75, 3.05) is 31.0 Å². The van der Waals surface area contributed by atoms with Crippen LogP contribution in [0.2, 0.25) is 0 Å². The molecule has 0 unspecified atom stereocenters. The van der Waals surface area contributed by atoms with Crippen molar-refractivity contribution < 1.29 is 4.74 Å². The van der Waals surface area contributed by atoms with Crippen LogP contribution in [0, 0.1) is 11.5 Å². The molecule has 1 aromatic carbocycles. The summed E-state index contributed by atoms with van der Waals surface area (Å²) in [5, 5.41) is 8.88. The molecule has 0 aliphatic carbocycles. The molecule has 20 heavy (non-hydrogen) atoms. The van der Waals surface area contributed by atoms with Gasteiger partial charge in [0.1, 0.15) is 23.7 Å². The third-order valence-corrected chi connectivity index (χ3v) is 2.94. The highest BCUT2D eigenvalue weighted by Gasteiger charge is 2.09. The van der Waals surface area contributed by atoms with Crippen LogP contribution in [-0.4, -0.2) is 31.2 Å². The minimum Gasteiger partial charge on any atom is -0.497 e. The van der Waals surface area contributed by atoms with Crippen molar-refractivity contribution in [3.63, 3.8) is 0 Å². The fourth-order valence-corrected chi connectivity index (χ4v) is 1.69. The van der Waals surface area contributed by atoms with Gasteiger partial charge in [-0.3, -0.25) is 4.90 Å². The summed E-state index contributed by atoms with van der Waals surface area (Å²) in [5.74, 6) is 2.06. The van der Waals surface area contributed by atoms with Gasteiger partial charge in [-0.05, 0) is 24.3 Å². The summed E-state index contributed by atoms with van der Waals surface area (Å²) in [6, 6.07) is 9.40. The number of methoxy groups -OCH3 is 1. The Labute approximate surface area is 117 Å². The van der Waals surface area contributed by atoms with Crippen LogP contribution in [0.15, 0.2) is 36.7 Å². The van der Waals surface area contributed by atoms with Crippen LogP contribution in [0.4, 0.5) is 17.3 Å². The fourth-order valence-electron chi connectivity index (χ4n) is 1.69. The minimum absolute atomic E-state index is 0.554. The standard InChI is InChI=1S/C14H15N5O/c1-18(9-15)13-8-14(17-10-16-13)19(2)11-4-6-12(20-3)7-5-11/h4-8,10H,1-3H3. The maximum Gasteiger partial charge on any atom is 0.185 e. The van der Waals surface area contributed by atoms with Gasteiger partial charge in [0.25, 0.3) is 0 Å². The Morgan fingerprint density at radius 1 is 1.10 bits per heavy atom. The van der Waals surface area contributed by atoms with Crippen LogP contribution in [0.3, 0.4) is 0 Å². The molecule has 0 bridgehead atoms. The number of hydrogen-bond donors (Lipinski definition) is 0. The van der Waals surface area contributed by atoms with Crippen LogP contribution in [0.1, 0.15) is 0 Å². The molecule has 0 aliphatic heterocycles. The SMILES string of the molecule is COc1ccc(N(C)c2cc(N(C)C#N)ncn2)cc1. The lowest BCUT2D eigenvalue weighted by molar-refractivity contribution is 0.415. The third kappa shape index (κ3) is 2.78. The van der Waals surface area contributed by atoms with Gasteiger partial charge in [0.15, 0.2) is 6.19 Å². The molecule has 0 aliphatic rings. The summed E-state index contributed by atoms with van der Waals surface area (Å²) in [6.45, 7) is 0. The fraction of sp³-hybridized carbons (Fsp3) is 0.214. The van der Waals surface area contributed by atoms with E-state index in [1.807, 2.05) is 42.4 Å². The summed E-state index contributed by atoms with van der Waals surface area (Å²) in [4.78, 5) is 11.6. The smallest absolute Gasteiger partial charge is 0.185 e. The van der Waals surface area contributed by atoms with Gasteiger partial charge in [0, 0.05) is 25.8 Å². The third-order valence-electron chi connectivity index (χ3n) is 2.94. The van der Waals surface area contributed by atoms with Crippen molar-refractivity contribution in [3.05, 3.63) is 36.7 Å². The van der Waals surface area contributed by atoms with Gasteiger partial charge in [-0.15, -0.1) is 0 Å². The van der Waals surface area contributed by atoms with Gasteiger partial charge in [-0.25, -0.2) is 9.97 Å². The number of nitriles is 1. The van der Waals surface area contributed by atoms with Gasteiger partial charge >= 0.3 is 0 Å². The summed E-state index contributed by atoms with van der Waals surface area (Å²) in [5.41, 5.74) is 0.968.